The van der Waals surface area contributed by atoms with E-state index < -0.39 is 10.0 Å². The van der Waals surface area contributed by atoms with Crippen LogP contribution in [0.4, 0.5) is 11.8 Å². The standard InChI is InChI=1S/C13H16ClN5O2S/c1-9-2-4-10(5-3-9)22(20,21)17-7-6-16-12-8-11(14)18-13(15)19-12/h2-5,8,17H,6-7H2,1H3,(H3,15,16,18,19). The van der Waals surface area contributed by atoms with Crippen molar-refractivity contribution in [1.29, 1.82) is 0 Å². The second-order valence-corrected chi connectivity index (χ2v) is 6.73. The second kappa shape index (κ2) is 6.91. The first-order valence-corrected chi connectivity index (χ1v) is 8.33. The van der Waals surface area contributed by atoms with Gasteiger partial charge in [-0.05, 0) is 19.1 Å². The number of sulfonamides is 1. The first kappa shape index (κ1) is 16.5. The summed E-state index contributed by atoms with van der Waals surface area (Å²) in [5.74, 6) is 0.488. The Kier molecular flexibility index (Phi) is 5.17. The molecule has 0 aliphatic rings. The number of benzene rings is 1. The van der Waals surface area contributed by atoms with Crippen LogP contribution in [-0.4, -0.2) is 31.5 Å². The fourth-order valence-corrected chi connectivity index (χ4v) is 2.92. The van der Waals surface area contributed by atoms with Crippen LogP contribution < -0.4 is 15.8 Å². The van der Waals surface area contributed by atoms with Gasteiger partial charge in [-0.15, -0.1) is 0 Å². The van der Waals surface area contributed by atoms with Gasteiger partial charge in [0.15, 0.2) is 0 Å². The summed E-state index contributed by atoms with van der Waals surface area (Å²) in [6, 6.07) is 8.13. The summed E-state index contributed by atoms with van der Waals surface area (Å²) < 4.78 is 26.6. The maximum Gasteiger partial charge on any atom is 0.240 e. The molecular formula is C13H16ClN5O2S. The zero-order chi connectivity index (χ0) is 16.2. The van der Waals surface area contributed by atoms with Gasteiger partial charge in [0.05, 0.1) is 4.90 Å². The minimum Gasteiger partial charge on any atom is -0.369 e. The van der Waals surface area contributed by atoms with E-state index in [4.69, 9.17) is 17.3 Å². The van der Waals surface area contributed by atoms with Crippen LogP contribution in [0, 0.1) is 6.92 Å². The Labute approximate surface area is 134 Å². The van der Waals surface area contributed by atoms with Crippen LogP contribution in [0.15, 0.2) is 35.2 Å². The lowest BCUT2D eigenvalue weighted by Gasteiger charge is -2.09. The van der Waals surface area contributed by atoms with Crippen LogP contribution in [0.25, 0.3) is 0 Å². The van der Waals surface area contributed by atoms with Gasteiger partial charge in [0.25, 0.3) is 0 Å². The normalized spacial score (nSPS) is 11.4. The summed E-state index contributed by atoms with van der Waals surface area (Å²) in [6.07, 6.45) is 0. The van der Waals surface area contributed by atoms with E-state index in [1.54, 1.807) is 24.3 Å². The average molecular weight is 342 g/mol. The number of anilines is 2. The van der Waals surface area contributed by atoms with E-state index in [1.165, 1.54) is 6.07 Å². The zero-order valence-electron chi connectivity index (χ0n) is 11.9. The highest BCUT2D eigenvalue weighted by molar-refractivity contribution is 7.89. The van der Waals surface area contributed by atoms with Crippen molar-refractivity contribution < 1.29 is 8.42 Å². The molecule has 4 N–H and O–H groups in total. The molecule has 0 saturated heterocycles. The van der Waals surface area contributed by atoms with Gasteiger partial charge in [-0.1, -0.05) is 29.3 Å². The Hall–Kier alpha value is -1.90. The van der Waals surface area contributed by atoms with Crippen molar-refractivity contribution in [1.82, 2.24) is 14.7 Å². The summed E-state index contributed by atoms with van der Waals surface area (Å²) in [7, 11) is -3.52. The van der Waals surface area contributed by atoms with Crippen molar-refractivity contribution in [2.75, 3.05) is 24.1 Å². The average Bonchev–Trinajstić information content (AvgIpc) is 2.43. The summed E-state index contributed by atoms with van der Waals surface area (Å²) in [5.41, 5.74) is 6.46. The molecule has 0 amide bonds. The quantitative estimate of drug-likeness (QED) is 0.541. The third-order valence-corrected chi connectivity index (χ3v) is 4.44. The van der Waals surface area contributed by atoms with Gasteiger partial charge in [-0.3, -0.25) is 0 Å². The van der Waals surface area contributed by atoms with Gasteiger partial charge in [-0.25, -0.2) is 18.1 Å². The minimum absolute atomic E-state index is 0.0511. The van der Waals surface area contributed by atoms with Crippen LogP contribution >= 0.6 is 11.6 Å². The van der Waals surface area contributed by atoms with E-state index in [2.05, 4.69) is 20.0 Å². The number of nitrogens with one attached hydrogen (secondary N) is 2. The molecule has 2 aromatic rings. The highest BCUT2D eigenvalue weighted by Crippen LogP contribution is 2.12. The van der Waals surface area contributed by atoms with Gasteiger partial charge >= 0.3 is 0 Å². The largest absolute Gasteiger partial charge is 0.369 e. The fourth-order valence-electron chi connectivity index (χ4n) is 1.70. The molecule has 0 spiro atoms. The highest BCUT2D eigenvalue weighted by atomic mass is 35.5. The molecule has 22 heavy (non-hydrogen) atoms. The first-order valence-electron chi connectivity index (χ1n) is 6.47. The monoisotopic (exact) mass is 341 g/mol. The lowest BCUT2D eigenvalue weighted by molar-refractivity contribution is 0.583. The van der Waals surface area contributed by atoms with E-state index in [0.29, 0.717) is 12.4 Å². The van der Waals surface area contributed by atoms with Gasteiger partial charge < -0.3 is 11.1 Å². The van der Waals surface area contributed by atoms with E-state index >= 15 is 0 Å². The maximum absolute atomic E-state index is 12.1. The molecule has 0 aliphatic carbocycles. The number of hydrogen-bond acceptors (Lipinski definition) is 6. The smallest absolute Gasteiger partial charge is 0.240 e. The number of hydrogen-bond donors (Lipinski definition) is 3. The topological polar surface area (TPSA) is 110 Å². The summed E-state index contributed by atoms with van der Waals surface area (Å²) in [6.45, 7) is 2.42. The summed E-state index contributed by atoms with van der Waals surface area (Å²) in [4.78, 5) is 7.89. The van der Waals surface area contributed by atoms with Gasteiger partial charge in [0, 0.05) is 19.2 Å². The predicted molar refractivity (Wildman–Crippen MR) is 86.3 cm³/mol. The second-order valence-electron chi connectivity index (χ2n) is 4.57. The van der Waals surface area contributed by atoms with Crippen LogP contribution in [-0.2, 0) is 10.0 Å². The van der Waals surface area contributed by atoms with Crippen molar-refractivity contribution in [3.8, 4) is 0 Å². The van der Waals surface area contributed by atoms with Crippen LogP contribution in [0.2, 0.25) is 5.15 Å². The Morgan fingerprint density at radius 2 is 1.86 bits per heavy atom. The molecule has 0 atom stereocenters. The zero-order valence-corrected chi connectivity index (χ0v) is 13.4. The molecule has 0 aliphatic heterocycles. The molecule has 0 radical (unpaired) electrons. The third-order valence-electron chi connectivity index (χ3n) is 2.77. The molecule has 0 fully saturated rings. The molecule has 9 heteroatoms. The van der Waals surface area contributed by atoms with Crippen molar-refractivity contribution in [3.05, 3.63) is 41.0 Å². The SMILES string of the molecule is Cc1ccc(S(=O)(=O)NCCNc2cc(Cl)nc(N)n2)cc1. The van der Waals surface area contributed by atoms with E-state index in [0.717, 1.165) is 5.56 Å². The summed E-state index contributed by atoms with van der Waals surface area (Å²) >= 11 is 5.75. The lowest BCUT2D eigenvalue weighted by Crippen LogP contribution is -2.29. The minimum atomic E-state index is -3.52. The molecule has 0 bridgehead atoms. The Morgan fingerprint density at radius 1 is 1.18 bits per heavy atom. The number of rotatable bonds is 6. The third kappa shape index (κ3) is 4.55. The lowest BCUT2D eigenvalue weighted by atomic mass is 10.2. The number of nitrogens with two attached hydrogens (primary N) is 1. The van der Waals surface area contributed by atoms with Crippen LogP contribution in [0.1, 0.15) is 5.56 Å². The summed E-state index contributed by atoms with van der Waals surface area (Å²) in [5, 5.41) is 3.13. The van der Waals surface area contributed by atoms with Gasteiger partial charge in [-0.2, -0.15) is 4.98 Å². The van der Waals surface area contributed by atoms with Gasteiger partial charge in [0.2, 0.25) is 16.0 Å². The molecule has 0 saturated carbocycles. The molecule has 0 unspecified atom stereocenters. The van der Waals surface area contributed by atoms with Crippen molar-refractivity contribution >= 4 is 33.4 Å². The van der Waals surface area contributed by atoms with Crippen molar-refractivity contribution in [2.45, 2.75) is 11.8 Å². The molecule has 1 aromatic carbocycles. The molecule has 7 nitrogen and oxygen atoms in total. The fraction of sp³-hybridized carbons (Fsp3) is 0.231. The Bertz CT molecular complexity index is 729. The number of aryl methyl sites for hydroxylation is 1. The van der Waals surface area contributed by atoms with E-state index in [-0.39, 0.29) is 22.5 Å². The van der Waals surface area contributed by atoms with Gasteiger partial charge in [0.1, 0.15) is 11.0 Å². The number of aromatic nitrogens is 2. The molecular weight excluding hydrogens is 326 g/mol. The Morgan fingerprint density at radius 3 is 2.50 bits per heavy atom. The number of halogens is 1. The maximum atomic E-state index is 12.1. The van der Waals surface area contributed by atoms with Crippen molar-refractivity contribution in [2.24, 2.45) is 0 Å². The van der Waals surface area contributed by atoms with E-state index in [9.17, 15) is 8.42 Å². The predicted octanol–water partition coefficient (Wildman–Crippen LogP) is 1.41. The van der Waals surface area contributed by atoms with Crippen LogP contribution in [0.3, 0.4) is 0 Å². The molecule has 118 valence electrons. The highest BCUT2D eigenvalue weighted by Gasteiger charge is 2.12. The molecule has 2 rings (SSSR count). The van der Waals surface area contributed by atoms with Crippen molar-refractivity contribution in [3.63, 3.8) is 0 Å². The first-order chi connectivity index (χ1) is 10.4. The Balaban J connectivity index is 1.89. The number of nitrogen functional groups attached to an aromatic ring is 1. The van der Waals surface area contributed by atoms with Crippen LogP contribution in [0.5, 0.6) is 0 Å². The molecule has 1 aromatic heterocycles. The molecule has 1 heterocycles. The number of nitrogens with zero attached hydrogens (tertiary/aromatic N) is 2. The van der Waals surface area contributed by atoms with E-state index in [1.807, 2.05) is 6.92 Å².